The number of aliphatic hydroxyl groups is 1. The van der Waals surface area contributed by atoms with E-state index in [0.29, 0.717) is 58.7 Å². The molecular formula is C27H31ClN4O6. The average molecular weight is 543 g/mol. The van der Waals surface area contributed by atoms with Crippen molar-refractivity contribution in [3.63, 3.8) is 0 Å². The van der Waals surface area contributed by atoms with Crippen LogP contribution in [0, 0.1) is 29.6 Å². The molecule has 2 aliphatic carbocycles. The van der Waals surface area contributed by atoms with Gasteiger partial charge in [0, 0.05) is 29.4 Å². The molecule has 202 valence electrons. The number of likely N-dealkylation sites (tertiary alicyclic amines) is 1. The normalized spacial score (nSPS) is 30.1. The Morgan fingerprint density at radius 1 is 1.21 bits per heavy atom. The van der Waals surface area contributed by atoms with Gasteiger partial charge in [0.25, 0.3) is 5.91 Å². The highest BCUT2D eigenvalue weighted by atomic mass is 35.5. The predicted octanol–water partition coefficient (Wildman–Crippen LogP) is 1.50. The maximum atomic E-state index is 13.8. The molecule has 11 heteroatoms. The number of rotatable bonds is 8. The Morgan fingerprint density at radius 2 is 2.00 bits per heavy atom. The van der Waals surface area contributed by atoms with Crippen LogP contribution in [-0.4, -0.2) is 77.4 Å². The van der Waals surface area contributed by atoms with Crippen LogP contribution in [0.1, 0.15) is 36.2 Å². The number of ketones is 1. The molecule has 3 amide bonds. The van der Waals surface area contributed by atoms with E-state index in [1.807, 2.05) is 0 Å². The first-order chi connectivity index (χ1) is 18.3. The lowest BCUT2D eigenvalue weighted by Gasteiger charge is -2.29. The topological polar surface area (TPSA) is 141 Å². The van der Waals surface area contributed by atoms with Gasteiger partial charge < -0.3 is 30.4 Å². The fourth-order valence-electron chi connectivity index (χ4n) is 7.06. The third-order valence-electron chi connectivity index (χ3n) is 8.99. The minimum absolute atomic E-state index is 0.00992. The Balaban J connectivity index is 1.27. The number of methoxy groups -OCH3 is 1. The van der Waals surface area contributed by atoms with E-state index in [1.54, 1.807) is 23.1 Å². The fraction of sp³-hybridized carbons (Fsp3) is 0.556. The van der Waals surface area contributed by atoms with Gasteiger partial charge in [0.15, 0.2) is 5.78 Å². The molecule has 2 saturated heterocycles. The van der Waals surface area contributed by atoms with Gasteiger partial charge in [-0.1, -0.05) is 11.6 Å². The lowest BCUT2D eigenvalue weighted by molar-refractivity contribution is -0.133. The minimum atomic E-state index is -0.993. The van der Waals surface area contributed by atoms with Crippen LogP contribution >= 0.6 is 11.6 Å². The minimum Gasteiger partial charge on any atom is -0.496 e. The monoisotopic (exact) mass is 542 g/mol. The zero-order valence-electron chi connectivity index (χ0n) is 21.0. The first-order valence-electron chi connectivity index (χ1n) is 13.2. The van der Waals surface area contributed by atoms with Gasteiger partial charge in [0.1, 0.15) is 24.1 Å². The summed E-state index contributed by atoms with van der Waals surface area (Å²) in [6.45, 7) is 0.261. The van der Waals surface area contributed by atoms with Crippen LogP contribution in [0.5, 0.6) is 5.75 Å². The highest BCUT2D eigenvalue weighted by Gasteiger charge is 2.62. The van der Waals surface area contributed by atoms with Crippen molar-refractivity contribution in [2.45, 2.75) is 37.8 Å². The van der Waals surface area contributed by atoms with E-state index in [0.717, 1.165) is 12.8 Å². The summed E-state index contributed by atoms with van der Waals surface area (Å²) in [4.78, 5) is 57.1. The smallest absolute Gasteiger partial charge is 0.271 e. The van der Waals surface area contributed by atoms with E-state index < -0.39 is 36.3 Å². The molecule has 0 radical (unpaired) electrons. The van der Waals surface area contributed by atoms with Crippen molar-refractivity contribution in [2.75, 3.05) is 26.8 Å². The van der Waals surface area contributed by atoms with E-state index >= 15 is 0 Å². The van der Waals surface area contributed by atoms with Crippen molar-refractivity contribution in [1.29, 1.82) is 0 Å². The molecule has 2 aromatic rings. The van der Waals surface area contributed by atoms with Crippen molar-refractivity contribution in [1.82, 2.24) is 20.5 Å². The number of hydrogen-bond donors (Lipinski definition) is 4. The van der Waals surface area contributed by atoms with Gasteiger partial charge in [-0.15, -0.1) is 0 Å². The molecule has 7 atom stereocenters. The number of nitrogens with one attached hydrogen (secondary N) is 3. The second-order valence-corrected chi connectivity index (χ2v) is 11.5. The fourth-order valence-corrected chi connectivity index (χ4v) is 7.27. The molecule has 38 heavy (non-hydrogen) atoms. The predicted molar refractivity (Wildman–Crippen MR) is 138 cm³/mol. The summed E-state index contributed by atoms with van der Waals surface area (Å²) in [6.07, 6.45) is 2.69. The molecule has 1 aromatic heterocycles. The Labute approximate surface area is 224 Å². The molecule has 2 aliphatic heterocycles. The number of amides is 3. The number of H-pyrrole nitrogens is 1. The molecule has 2 saturated carbocycles. The van der Waals surface area contributed by atoms with Gasteiger partial charge in [0.2, 0.25) is 11.8 Å². The molecule has 0 spiro atoms. The molecular weight excluding hydrogens is 512 g/mol. The number of aromatic nitrogens is 1. The average Bonchev–Trinajstić information content (AvgIpc) is 3.25. The third kappa shape index (κ3) is 4.23. The number of benzene rings is 1. The molecule has 4 fully saturated rings. The molecule has 10 nitrogen and oxygen atoms in total. The van der Waals surface area contributed by atoms with E-state index in [1.165, 1.54) is 7.11 Å². The van der Waals surface area contributed by atoms with Crippen molar-refractivity contribution >= 4 is 46.0 Å². The van der Waals surface area contributed by atoms with Crippen molar-refractivity contribution in [2.24, 2.45) is 29.6 Å². The Hall–Kier alpha value is -3.11. The van der Waals surface area contributed by atoms with Crippen LogP contribution < -0.4 is 15.4 Å². The van der Waals surface area contributed by atoms with Gasteiger partial charge in [-0.2, -0.15) is 0 Å². The number of aromatic amines is 1. The number of halogens is 1. The summed E-state index contributed by atoms with van der Waals surface area (Å²) < 4.78 is 5.43. The Bertz CT molecular complexity index is 1330. The number of aliphatic hydroxyl groups excluding tert-OH is 1. The Kier molecular flexibility index (Phi) is 6.34. The highest BCUT2D eigenvalue weighted by molar-refractivity contribution is 6.31. The van der Waals surface area contributed by atoms with Crippen LogP contribution in [-0.2, 0) is 14.4 Å². The highest BCUT2D eigenvalue weighted by Crippen LogP contribution is 2.62. The number of nitrogens with zero attached hydrogens (tertiary/aromatic N) is 1. The SMILES string of the molecule is COc1cc(Cl)cc2[nH]c(C(=O)N3C[C@@H]4[C@H]5C[C@H]5C[C@@H]4[C@H]3C(=O)N[C@@H](C[C@@H]3CCNC3=O)C(=O)CO)cc12. The first kappa shape index (κ1) is 25.2. The summed E-state index contributed by atoms with van der Waals surface area (Å²) in [5, 5.41) is 16.3. The number of carbonyl (C=O) groups excluding carboxylic acids is 4. The van der Waals surface area contributed by atoms with Crippen LogP contribution in [0.15, 0.2) is 18.2 Å². The number of carbonyl (C=O) groups is 4. The lowest BCUT2D eigenvalue weighted by atomic mass is 9.88. The zero-order chi connectivity index (χ0) is 26.7. The lowest BCUT2D eigenvalue weighted by Crippen LogP contribution is -2.53. The van der Waals surface area contributed by atoms with Gasteiger partial charge in [-0.25, -0.2) is 0 Å². The van der Waals surface area contributed by atoms with E-state index in [2.05, 4.69) is 15.6 Å². The zero-order valence-corrected chi connectivity index (χ0v) is 21.8. The van der Waals surface area contributed by atoms with Gasteiger partial charge in [0.05, 0.1) is 18.7 Å². The number of hydrogen-bond acceptors (Lipinski definition) is 6. The van der Waals surface area contributed by atoms with Crippen LogP contribution in [0.3, 0.4) is 0 Å². The van der Waals surface area contributed by atoms with Crippen molar-refractivity contribution in [3.8, 4) is 5.75 Å². The first-order valence-corrected chi connectivity index (χ1v) is 13.6. The second kappa shape index (κ2) is 9.57. The Morgan fingerprint density at radius 3 is 2.71 bits per heavy atom. The quantitative estimate of drug-likeness (QED) is 0.398. The second-order valence-electron chi connectivity index (χ2n) is 11.1. The van der Waals surface area contributed by atoms with Crippen LogP contribution in [0.4, 0.5) is 0 Å². The van der Waals surface area contributed by atoms with Gasteiger partial charge in [-0.3, -0.25) is 19.2 Å². The molecule has 4 aliphatic rings. The van der Waals surface area contributed by atoms with Crippen molar-refractivity contribution < 1.29 is 29.0 Å². The van der Waals surface area contributed by atoms with Crippen LogP contribution in [0.25, 0.3) is 10.9 Å². The summed E-state index contributed by atoms with van der Waals surface area (Å²) >= 11 is 6.21. The number of ether oxygens (including phenoxy) is 1. The molecule has 3 heterocycles. The molecule has 0 unspecified atom stereocenters. The standard InChI is InChI=1S/C27H31ClN4O6/c1-38-23-8-14(28)7-19-17(23)9-21(30-19)27(37)32-10-18-15-4-13(15)5-16(18)24(32)26(36)31-20(22(34)11-33)6-12-2-3-29-25(12)35/h7-9,12-13,15-16,18,20,24,30,33H,2-6,10-11H2,1H3,(H,29,35)(H,31,36)/t12-,13-,15-,16-,18+,20-,24-/m0/s1. The molecule has 0 bridgehead atoms. The summed E-state index contributed by atoms with van der Waals surface area (Å²) in [7, 11) is 1.53. The number of fused-ring (bicyclic) bond motifs is 4. The van der Waals surface area contributed by atoms with E-state index in [4.69, 9.17) is 16.3 Å². The summed E-state index contributed by atoms with van der Waals surface area (Å²) in [5.41, 5.74) is 0.986. The third-order valence-corrected chi connectivity index (χ3v) is 9.21. The van der Waals surface area contributed by atoms with E-state index in [-0.39, 0.29) is 30.1 Å². The summed E-state index contributed by atoms with van der Waals surface area (Å²) in [5.74, 6) is 0.0876. The van der Waals surface area contributed by atoms with Crippen LogP contribution in [0.2, 0.25) is 5.02 Å². The van der Waals surface area contributed by atoms with Gasteiger partial charge >= 0.3 is 0 Å². The molecule has 1 aromatic carbocycles. The van der Waals surface area contributed by atoms with E-state index in [9.17, 15) is 24.3 Å². The maximum Gasteiger partial charge on any atom is 0.271 e. The maximum absolute atomic E-state index is 13.8. The van der Waals surface area contributed by atoms with Crippen molar-refractivity contribution in [3.05, 3.63) is 28.9 Å². The molecule has 4 N–H and O–H groups in total. The van der Waals surface area contributed by atoms with Gasteiger partial charge in [-0.05, 0) is 67.6 Å². The number of Topliss-reactive ketones (excluding diaryl/α,β-unsaturated/α-hetero) is 1. The molecule has 6 rings (SSSR count). The largest absolute Gasteiger partial charge is 0.496 e. The summed E-state index contributed by atoms with van der Waals surface area (Å²) in [6, 6.07) is 3.39.